The van der Waals surface area contributed by atoms with Crippen LogP contribution >= 0.6 is 0 Å². The van der Waals surface area contributed by atoms with Crippen molar-refractivity contribution in [2.75, 3.05) is 0 Å². The zero-order valence-corrected chi connectivity index (χ0v) is 16.6. The van der Waals surface area contributed by atoms with Crippen LogP contribution < -0.4 is 4.74 Å². The van der Waals surface area contributed by atoms with Gasteiger partial charge >= 0.3 is 11.9 Å². The molecule has 2 aromatic rings. The van der Waals surface area contributed by atoms with Crippen LogP contribution in [0.2, 0.25) is 0 Å². The fraction of sp³-hybridized carbons (Fsp3) is 0.0400. The molecule has 0 fully saturated rings. The molecule has 0 aliphatic carbocycles. The highest BCUT2D eigenvalue weighted by Gasteiger charge is 2.09. The molecule has 0 saturated heterocycles. The lowest BCUT2D eigenvalue weighted by Crippen LogP contribution is -2.03. The van der Waals surface area contributed by atoms with E-state index in [9.17, 15) is 14.0 Å². The molecule has 0 unspecified atom stereocenters. The zero-order valence-electron chi connectivity index (χ0n) is 16.6. The summed E-state index contributed by atoms with van der Waals surface area (Å²) in [5.74, 6) is -1.24. The minimum atomic E-state index is -0.654. The van der Waals surface area contributed by atoms with Gasteiger partial charge in [0.1, 0.15) is 17.3 Å². The second-order valence-electron chi connectivity index (χ2n) is 6.02. The fourth-order valence-corrected chi connectivity index (χ4v) is 2.44. The molecule has 2 rings (SSSR count). The lowest BCUT2D eigenvalue weighted by molar-refractivity contribution is -0.133. The van der Waals surface area contributed by atoms with Crippen LogP contribution in [-0.4, -0.2) is 11.9 Å². The largest absolute Gasteiger partial charge is 0.424 e. The van der Waals surface area contributed by atoms with Crippen molar-refractivity contribution in [2.45, 2.75) is 6.92 Å². The van der Waals surface area contributed by atoms with Crippen LogP contribution in [0.4, 0.5) is 4.39 Å². The van der Waals surface area contributed by atoms with Crippen LogP contribution in [0.5, 0.6) is 5.75 Å². The van der Waals surface area contributed by atoms with Crippen molar-refractivity contribution in [1.29, 1.82) is 0 Å². The lowest BCUT2D eigenvalue weighted by Gasteiger charge is -2.08. The van der Waals surface area contributed by atoms with E-state index in [1.165, 1.54) is 12.1 Å². The number of esters is 2. The van der Waals surface area contributed by atoms with Gasteiger partial charge < -0.3 is 9.47 Å². The van der Waals surface area contributed by atoms with E-state index in [1.54, 1.807) is 49.4 Å². The minimum absolute atomic E-state index is 0.105. The van der Waals surface area contributed by atoms with Crippen LogP contribution in [0.25, 0.3) is 16.7 Å². The number of hydrogen-bond donors (Lipinski definition) is 0. The first-order chi connectivity index (χ1) is 14.4. The van der Waals surface area contributed by atoms with Crippen LogP contribution in [0.3, 0.4) is 0 Å². The Morgan fingerprint density at radius 3 is 2.20 bits per heavy atom. The minimum Gasteiger partial charge on any atom is -0.424 e. The normalized spacial score (nSPS) is 11.1. The second kappa shape index (κ2) is 10.5. The van der Waals surface area contributed by atoms with Gasteiger partial charge in [0.25, 0.3) is 0 Å². The first kappa shape index (κ1) is 22.3. The van der Waals surface area contributed by atoms with E-state index in [0.29, 0.717) is 22.5 Å². The van der Waals surface area contributed by atoms with Crippen molar-refractivity contribution < 1.29 is 23.5 Å². The number of halogens is 1. The Morgan fingerprint density at radius 1 is 0.967 bits per heavy atom. The number of carbonyl (C=O) groups excluding carboxylic acids is 2. The summed E-state index contributed by atoms with van der Waals surface area (Å²) < 4.78 is 24.4. The molecular weight excluding hydrogens is 383 g/mol. The molecule has 4 nitrogen and oxygen atoms in total. The van der Waals surface area contributed by atoms with Gasteiger partial charge in [0.05, 0.1) is 0 Å². The summed E-state index contributed by atoms with van der Waals surface area (Å²) >= 11 is 0. The molecule has 0 heterocycles. The maximum Gasteiger partial charge on any atom is 0.335 e. The Labute approximate surface area is 175 Å². The summed E-state index contributed by atoms with van der Waals surface area (Å²) in [5.41, 5.74) is 2.53. The molecule has 0 aliphatic rings. The van der Waals surface area contributed by atoms with E-state index >= 15 is 0 Å². The predicted octanol–water partition coefficient (Wildman–Crippen LogP) is 5.79. The second-order valence-corrected chi connectivity index (χ2v) is 6.02. The Balaban J connectivity index is 2.14. The molecule has 0 aromatic heterocycles. The SMILES string of the molecule is C=CC(=O)OC(/C=C\C(=C)c1ccc(-c2ccc(OC(=O)C=C)cc2F)cc1)=C/C. The Bertz CT molecular complexity index is 1040. The molecule has 5 heteroatoms. The smallest absolute Gasteiger partial charge is 0.335 e. The molecular formula is C25H21FO4. The molecule has 0 aliphatic heterocycles. The monoisotopic (exact) mass is 404 g/mol. The molecule has 2 aromatic carbocycles. The zero-order chi connectivity index (χ0) is 22.1. The first-order valence-corrected chi connectivity index (χ1v) is 9.00. The third kappa shape index (κ3) is 6.01. The third-order valence-corrected chi connectivity index (χ3v) is 4.01. The van der Waals surface area contributed by atoms with E-state index in [1.807, 2.05) is 0 Å². The highest BCUT2D eigenvalue weighted by atomic mass is 19.1. The number of ether oxygens (including phenoxy) is 2. The Kier molecular flexibility index (Phi) is 7.82. The highest BCUT2D eigenvalue weighted by molar-refractivity contribution is 5.84. The molecule has 152 valence electrons. The van der Waals surface area contributed by atoms with Crippen LogP contribution in [0.1, 0.15) is 12.5 Å². The van der Waals surface area contributed by atoms with Crippen molar-refractivity contribution >= 4 is 17.5 Å². The topological polar surface area (TPSA) is 52.6 Å². The quantitative estimate of drug-likeness (QED) is 0.184. The molecule has 0 N–H and O–H groups in total. The number of allylic oxidation sites excluding steroid dienone is 4. The van der Waals surface area contributed by atoms with Crippen molar-refractivity contribution in [3.05, 3.63) is 110 Å². The summed E-state index contributed by atoms with van der Waals surface area (Å²) in [6.07, 6.45) is 7.08. The number of carbonyl (C=O) groups is 2. The maximum absolute atomic E-state index is 14.4. The van der Waals surface area contributed by atoms with Crippen molar-refractivity contribution in [3.8, 4) is 16.9 Å². The molecule has 0 saturated carbocycles. The predicted molar refractivity (Wildman–Crippen MR) is 116 cm³/mol. The summed E-state index contributed by atoms with van der Waals surface area (Å²) in [6.45, 7) is 12.4. The first-order valence-electron chi connectivity index (χ1n) is 9.00. The molecule has 0 radical (unpaired) electrons. The number of rotatable bonds is 8. The fourth-order valence-electron chi connectivity index (χ4n) is 2.44. The van der Waals surface area contributed by atoms with Gasteiger partial charge in [0, 0.05) is 23.8 Å². The van der Waals surface area contributed by atoms with E-state index in [-0.39, 0.29) is 5.75 Å². The van der Waals surface area contributed by atoms with Crippen LogP contribution in [0.15, 0.2) is 98.3 Å². The van der Waals surface area contributed by atoms with E-state index < -0.39 is 17.8 Å². The summed E-state index contributed by atoms with van der Waals surface area (Å²) in [5, 5.41) is 0. The van der Waals surface area contributed by atoms with Gasteiger partial charge in [-0.05, 0) is 47.9 Å². The average molecular weight is 404 g/mol. The van der Waals surface area contributed by atoms with Crippen molar-refractivity contribution in [2.24, 2.45) is 0 Å². The van der Waals surface area contributed by atoms with E-state index in [0.717, 1.165) is 23.8 Å². The van der Waals surface area contributed by atoms with Gasteiger partial charge in [0.15, 0.2) is 0 Å². The summed E-state index contributed by atoms with van der Waals surface area (Å²) in [6, 6.07) is 11.3. The third-order valence-electron chi connectivity index (χ3n) is 4.01. The number of benzene rings is 2. The maximum atomic E-state index is 14.4. The van der Waals surface area contributed by atoms with Crippen LogP contribution in [-0.2, 0) is 14.3 Å². The van der Waals surface area contributed by atoms with Gasteiger partial charge in [-0.15, -0.1) is 0 Å². The number of hydrogen-bond acceptors (Lipinski definition) is 4. The van der Waals surface area contributed by atoms with Crippen LogP contribution in [0, 0.1) is 5.82 Å². The molecule has 30 heavy (non-hydrogen) atoms. The molecule has 0 bridgehead atoms. The summed E-state index contributed by atoms with van der Waals surface area (Å²) in [4.78, 5) is 22.5. The molecule has 0 atom stereocenters. The van der Waals surface area contributed by atoms with Gasteiger partial charge in [-0.25, -0.2) is 14.0 Å². The standard InChI is InChI=1S/C25H21FO4/c1-5-20(29-24(27)6-2)13-8-17(4)18-9-11-19(12-10-18)22-15-14-21(16-23(22)26)30-25(28)7-3/h5-16H,2-4H2,1H3/b13-8-,20-5+. The summed E-state index contributed by atoms with van der Waals surface area (Å²) in [7, 11) is 0. The average Bonchev–Trinajstić information content (AvgIpc) is 2.76. The molecule has 0 amide bonds. The highest BCUT2D eigenvalue weighted by Crippen LogP contribution is 2.28. The van der Waals surface area contributed by atoms with Gasteiger partial charge in [-0.2, -0.15) is 0 Å². The van der Waals surface area contributed by atoms with Gasteiger partial charge in [-0.3, -0.25) is 0 Å². The van der Waals surface area contributed by atoms with Gasteiger partial charge in [0.2, 0.25) is 0 Å². The van der Waals surface area contributed by atoms with Gasteiger partial charge in [-0.1, -0.05) is 50.1 Å². The van der Waals surface area contributed by atoms with Crippen molar-refractivity contribution in [3.63, 3.8) is 0 Å². The Morgan fingerprint density at radius 2 is 1.63 bits per heavy atom. The van der Waals surface area contributed by atoms with Crippen molar-refractivity contribution in [1.82, 2.24) is 0 Å². The van der Waals surface area contributed by atoms with E-state index in [4.69, 9.17) is 9.47 Å². The van der Waals surface area contributed by atoms with E-state index in [2.05, 4.69) is 19.7 Å². The molecule has 0 spiro atoms. The Hall–Kier alpha value is -3.99. The lowest BCUT2D eigenvalue weighted by atomic mass is 10.0.